The van der Waals surface area contributed by atoms with Crippen molar-refractivity contribution in [2.45, 2.75) is 57.2 Å². The molecule has 0 radical (unpaired) electrons. The summed E-state index contributed by atoms with van der Waals surface area (Å²) in [6.07, 6.45) is 4.82. The smallest absolute Gasteiger partial charge is 0.306 e. The van der Waals surface area contributed by atoms with Crippen LogP contribution in [0.5, 0.6) is 11.5 Å². The van der Waals surface area contributed by atoms with Gasteiger partial charge in [-0.15, -0.1) is 0 Å². The van der Waals surface area contributed by atoms with Crippen LogP contribution in [0, 0.1) is 5.92 Å². The standard InChI is InChI=1S/C41H38N2O4/c44-40(45)31-9-5-25-41(26-6-10-31,32-15-21-36(22-16-32)46-27-34-19-13-29-7-1-3-11-38(29)42-34)33-17-23-37(24-18-33)47-28-35-20-14-30-8-2-4-12-39(30)43-35/h1-4,7-8,11-24,31H,5-6,9-10,25-28H2,(H,44,45). The molecule has 4 aromatic carbocycles. The minimum absolute atomic E-state index is 0.236. The van der Waals surface area contributed by atoms with E-state index in [1.54, 1.807) is 0 Å². The van der Waals surface area contributed by atoms with Gasteiger partial charge in [0, 0.05) is 16.2 Å². The number of ether oxygens (including phenoxy) is 2. The number of carbonyl (C=O) groups is 1. The molecule has 0 bridgehead atoms. The maximum Gasteiger partial charge on any atom is 0.306 e. The predicted molar refractivity (Wildman–Crippen MR) is 185 cm³/mol. The van der Waals surface area contributed by atoms with Crippen LogP contribution in [0.4, 0.5) is 0 Å². The number of aromatic nitrogens is 2. The van der Waals surface area contributed by atoms with Crippen LogP contribution in [0.15, 0.2) is 121 Å². The van der Waals surface area contributed by atoms with Gasteiger partial charge >= 0.3 is 5.97 Å². The molecule has 7 rings (SSSR count). The third-order valence-corrected chi connectivity index (χ3v) is 9.56. The van der Waals surface area contributed by atoms with Gasteiger partial charge in [0.25, 0.3) is 0 Å². The van der Waals surface area contributed by atoms with E-state index in [1.165, 1.54) is 11.1 Å². The number of para-hydroxylation sites is 2. The Bertz CT molecular complexity index is 1850. The second-order valence-corrected chi connectivity index (χ2v) is 12.5. The lowest BCUT2D eigenvalue weighted by Crippen LogP contribution is -2.30. The van der Waals surface area contributed by atoms with Crippen molar-refractivity contribution in [3.8, 4) is 11.5 Å². The molecule has 6 nitrogen and oxygen atoms in total. The molecule has 1 N–H and O–H groups in total. The van der Waals surface area contributed by atoms with Gasteiger partial charge in [0.2, 0.25) is 0 Å². The Morgan fingerprint density at radius 3 is 1.51 bits per heavy atom. The molecule has 1 aliphatic carbocycles. The first-order chi connectivity index (χ1) is 23.1. The monoisotopic (exact) mass is 622 g/mol. The van der Waals surface area contributed by atoms with Gasteiger partial charge in [0.15, 0.2) is 0 Å². The highest BCUT2D eigenvalue weighted by molar-refractivity contribution is 5.79. The van der Waals surface area contributed by atoms with Gasteiger partial charge < -0.3 is 14.6 Å². The van der Waals surface area contributed by atoms with Crippen molar-refractivity contribution in [3.63, 3.8) is 0 Å². The highest BCUT2D eigenvalue weighted by atomic mass is 16.5. The molecule has 1 saturated carbocycles. The van der Waals surface area contributed by atoms with Gasteiger partial charge in [-0.1, -0.05) is 85.6 Å². The zero-order valence-electron chi connectivity index (χ0n) is 26.3. The van der Waals surface area contributed by atoms with Crippen LogP contribution in [0.25, 0.3) is 21.8 Å². The summed E-state index contributed by atoms with van der Waals surface area (Å²) >= 11 is 0. The number of rotatable bonds is 9. The summed E-state index contributed by atoms with van der Waals surface area (Å²) in [6, 6.07) is 41.2. The van der Waals surface area contributed by atoms with Crippen LogP contribution >= 0.6 is 0 Å². The average molecular weight is 623 g/mol. The van der Waals surface area contributed by atoms with Gasteiger partial charge in [-0.25, -0.2) is 9.97 Å². The third-order valence-electron chi connectivity index (χ3n) is 9.56. The van der Waals surface area contributed by atoms with Gasteiger partial charge in [0.05, 0.1) is 28.3 Å². The largest absolute Gasteiger partial charge is 0.487 e. The summed E-state index contributed by atoms with van der Waals surface area (Å²) in [7, 11) is 0. The Kier molecular flexibility index (Phi) is 8.83. The van der Waals surface area contributed by atoms with Crippen LogP contribution in [-0.2, 0) is 23.4 Å². The van der Waals surface area contributed by atoms with E-state index in [9.17, 15) is 9.90 Å². The van der Waals surface area contributed by atoms with E-state index >= 15 is 0 Å². The fourth-order valence-corrected chi connectivity index (χ4v) is 6.99. The van der Waals surface area contributed by atoms with E-state index in [1.807, 2.05) is 72.8 Å². The lowest BCUT2D eigenvalue weighted by molar-refractivity contribution is -0.142. The first kappa shape index (κ1) is 30.4. The minimum Gasteiger partial charge on any atom is -0.487 e. The van der Waals surface area contributed by atoms with Crippen molar-refractivity contribution < 1.29 is 19.4 Å². The molecule has 2 aromatic heterocycles. The van der Waals surface area contributed by atoms with E-state index < -0.39 is 5.97 Å². The van der Waals surface area contributed by atoms with E-state index in [0.29, 0.717) is 26.1 Å². The first-order valence-corrected chi connectivity index (χ1v) is 16.4. The molecule has 0 spiro atoms. The number of benzene rings is 4. The number of nitrogens with zero attached hydrogens (tertiary/aromatic N) is 2. The summed E-state index contributed by atoms with van der Waals surface area (Å²) in [5, 5.41) is 11.9. The molecule has 1 fully saturated rings. The van der Waals surface area contributed by atoms with Gasteiger partial charge in [-0.3, -0.25) is 4.79 Å². The maximum atomic E-state index is 11.8. The second kappa shape index (κ2) is 13.6. The highest BCUT2D eigenvalue weighted by Gasteiger charge is 2.36. The van der Waals surface area contributed by atoms with E-state index in [2.05, 4.69) is 48.5 Å². The molecule has 6 aromatic rings. The second-order valence-electron chi connectivity index (χ2n) is 12.5. The molecule has 1 aliphatic rings. The molecular weight excluding hydrogens is 584 g/mol. The number of fused-ring (bicyclic) bond motifs is 2. The Morgan fingerprint density at radius 1 is 0.617 bits per heavy atom. The van der Waals surface area contributed by atoms with Crippen LogP contribution in [0.2, 0.25) is 0 Å². The Hall–Kier alpha value is -5.23. The van der Waals surface area contributed by atoms with Crippen molar-refractivity contribution in [1.82, 2.24) is 9.97 Å². The summed E-state index contributed by atoms with van der Waals surface area (Å²) < 4.78 is 12.3. The summed E-state index contributed by atoms with van der Waals surface area (Å²) in [5.74, 6) is 0.637. The topological polar surface area (TPSA) is 81.5 Å². The van der Waals surface area contributed by atoms with Crippen LogP contribution in [0.3, 0.4) is 0 Å². The predicted octanol–water partition coefficient (Wildman–Crippen LogP) is 9.28. The fourth-order valence-electron chi connectivity index (χ4n) is 6.99. The quantitative estimate of drug-likeness (QED) is 0.173. The summed E-state index contributed by atoms with van der Waals surface area (Å²) in [4.78, 5) is 21.3. The van der Waals surface area contributed by atoms with Crippen molar-refractivity contribution in [3.05, 3.63) is 144 Å². The number of aliphatic carboxylic acids is 1. The lowest BCUT2D eigenvalue weighted by Gasteiger charge is -2.38. The first-order valence-electron chi connectivity index (χ1n) is 16.4. The van der Waals surface area contributed by atoms with Crippen molar-refractivity contribution in [2.24, 2.45) is 5.92 Å². The van der Waals surface area contributed by atoms with Gasteiger partial charge in [-0.2, -0.15) is 0 Å². The SMILES string of the molecule is O=C(O)C1CCCC(c2ccc(OCc3ccc4ccccc4n3)cc2)(c2ccc(OCc3ccc4ccccc4n3)cc2)CCC1. The number of pyridine rings is 2. The molecule has 47 heavy (non-hydrogen) atoms. The zero-order chi connectivity index (χ0) is 32.1. The summed E-state index contributed by atoms with van der Waals surface area (Å²) in [6.45, 7) is 0.782. The van der Waals surface area contributed by atoms with Crippen molar-refractivity contribution in [1.29, 1.82) is 0 Å². The molecule has 0 saturated heterocycles. The van der Waals surface area contributed by atoms with Gasteiger partial charge in [-0.05, 0) is 85.3 Å². The Labute approximate surface area is 275 Å². The molecule has 2 heterocycles. The van der Waals surface area contributed by atoms with E-state index in [4.69, 9.17) is 19.4 Å². The zero-order valence-corrected chi connectivity index (χ0v) is 26.3. The van der Waals surface area contributed by atoms with Crippen LogP contribution in [-0.4, -0.2) is 21.0 Å². The number of hydrogen-bond acceptors (Lipinski definition) is 5. The lowest BCUT2D eigenvalue weighted by atomic mass is 9.66. The third kappa shape index (κ3) is 6.82. The molecule has 0 aliphatic heterocycles. The minimum atomic E-state index is -0.678. The fraction of sp³-hybridized carbons (Fsp3) is 0.244. The number of hydrogen-bond donors (Lipinski definition) is 1. The number of carboxylic acids is 1. The molecule has 6 heteroatoms. The Balaban J connectivity index is 1.09. The van der Waals surface area contributed by atoms with E-state index in [-0.39, 0.29) is 11.3 Å². The summed E-state index contributed by atoms with van der Waals surface area (Å²) in [5.41, 5.74) is 5.89. The molecule has 0 unspecified atom stereocenters. The number of carboxylic acid groups (broad SMARTS) is 1. The molecule has 0 atom stereocenters. The average Bonchev–Trinajstić information content (AvgIpc) is 3.10. The van der Waals surface area contributed by atoms with Crippen molar-refractivity contribution in [2.75, 3.05) is 0 Å². The van der Waals surface area contributed by atoms with E-state index in [0.717, 1.165) is 70.4 Å². The van der Waals surface area contributed by atoms with Gasteiger partial charge in [0.1, 0.15) is 24.7 Å². The Morgan fingerprint density at radius 2 is 1.06 bits per heavy atom. The molecule has 0 amide bonds. The van der Waals surface area contributed by atoms with Crippen LogP contribution in [0.1, 0.15) is 61.0 Å². The highest BCUT2D eigenvalue weighted by Crippen LogP contribution is 2.45. The maximum absolute atomic E-state index is 11.8. The van der Waals surface area contributed by atoms with Crippen LogP contribution < -0.4 is 9.47 Å². The van der Waals surface area contributed by atoms with Crippen molar-refractivity contribution >= 4 is 27.8 Å². The normalized spacial score (nSPS) is 15.1. The molecule has 236 valence electrons. The molecular formula is C41H38N2O4.